The van der Waals surface area contributed by atoms with E-state index in [1.54, 1.807) is 0 Å². The van der Waals surface area contributed by atoms with E-state index in [2.05, 4.69) is 65.6 Å². The lowest BCUT2D eigenvalue weighted by molar-refractivity contribution is 0.504. The van der Waals surface area contributed by atoms with Crippen molar-refractivity contribution in [3.63, 3.8) is 0 Å². The van der Waals surface area contributed by atoms with Crippen LogP contribution in [0.2, 0.25) is 0 Å². The lowest BCUT2D eigenvalue weighted by atomic mass is 9.89. The molecule has 0 unspecified atom stereocenters. The van der Waals surface area contributed by atoms with Crippen LogP contribution < -0.4 is 0 Å². The third kappa shape index (κ3) is 5.90. The molecule has 3 rings (SSSR count). The minimum Gasteiger partial charge on any atom is -0.220 e. The van der Waals surface area contributed by atoms with Crippen LogP contribution in [0.1, 0.15) is 87.1 Å². The fourth-order valence-corrected chi connectivity index (χ4v) is 5.77. The van der Waals surface area contributed by atoms with Gasteiger partial charge in [-0.3, -0.25) is 0 Å². The number of sulfonamides is 1. The summed E-state index contributed by atoms with van der Waals surface area (Å²) in [6.07, 6.45) is 0. The minimum atomic E-state index is -3.90. The molecule has 0 fully saturated rings. The maximum atomic E-state index is 14.3. The largest absolute Gasteiger partial charge is 0.271 e. The second kappa shape index (κ2) is 10.9. The number of benzene rings is 3. The van der Waals surface area contributed by atoms with Crippen molar-refractivity contribution in [2.45, 2.75) is 70.7 Å². The van der Waals surface area contributed by atoms with Gasteiger partial charge in [-0.1, -0.05) is 102 Å². The average Bonchev–Trinajstić information content (AvgIpc) is 2.81. The average molecular weight is 474 g/mol. The Balaban J connectivity index is 2.24. The van der Waals surface area contributed by atoms with Gasteiger partial charge in [0.05, 0.1) is 11.4 Å². The molecule has 3 nitrogen and oxygen atoms in total. The first kappa shape index (κ1) is 25.6. The van der Waals surface area contributed by atoms with Crippen LogP contribution in [0.15, 0.2) is 77.7 Å². The smallest absolute Gasteiger partial charge is 0.220 e. The molecule has 0 aromatic heterocycles. The summed E-state index contributed by atoms with van der Waals surface area (Å²) < 4.78 is 29.9. The third-order valence-electron chi connectivity index (χ3n) is 5.90. The maximum absolute atomic E-state index is 14.3. The van der Waals surface area contributed by atoms with Crippen molar-refractivity contribution in [2.75, 3.05) is 0 Å². The Morgan fingerprint density at radius 1 is 0.735 bits per heavy atom. The zero-order valence-electron chi connectivity index (χ0n) is 21.0. The summed E-state index contributed by atoms with van der Waals surface area (Å²) >= 11 is 0. The molecule has 0 radical (unpaired) electrons. The topological polar surface area (TPSA) is 37.4 Å². The van der Waals surface area contributed by atoms with Crippen LogP contribution in [0.25, 0.3) is 0 Å². The summed E-state index contributed by atoms with van der Waals surface area (Å²) in [5, 5.41) is 0. The molecule has 0 bridgehead atoms. The lowest BCUT2D eigenvalue weighted by Crippen LogP contribution is -2.29. The quantitative estimate of drug-likeness (QED) is 0.267. The summed E-state index contributed by atoms with van der Waals surface area (Å²) in [4.78, 5) is 0.403. The van der Waals surface area contributed by atoms with Gasteiger partial charge in [0.1, 0.15) is 0 Å². The predicted molar refractivity (Wildman–Crippen MR) is 141 cm³/mol. The molecule has 0 saturated carbocycles. The van der Waals surface area contributed by atoms with Gasteiger partial charge in [0.15, 0.2) is 0 Å². The Bertz CT molecular complexity index is 1240. The van der Waals surface area contributed by atoms with Crippen LogP contribution in [0, 0.1) is 12.0 Å². The van der Waals surface area contributed by atoms with Gasteiger partial charge >= 0.3 is 0 Å². The second-order valence-corrected chi connectivity index (χ2v) is 11.4. The Labute approximate surface area is 205 Å². The van der Waals surface area contributed by atoms with Gasteiger partial charge in [-0.05, 0) is 58.1 Å². The van der Waals surface area contributed by atoms with E-state index in [1.165, 1.54) is 4.31 Å². The molecule has 0 aliphatic heterocycles. The number of nitrogens with zero attached hydrogens (tertiary/aromatic N) is 1. The van der Waals surface area contributed by atoms with E-state index in [0.717, 1.165) is 27.8 Å². The Kier molecular flexibility index (Phi) is 8.23. The zero-order chi connectivity index (χ0) is 24.9. The van der Waals surface area contributed by atoms with Crippen LogP contribution in [0.4, 0.5) is 0 Å². The molecule has 3 aromatic rings. The summed E-state index contributed by atoms with van der Waals surface area (Å²) in [6.45, 7) is 12.7. The van der Waals surface area contributed by atoms with Crippen LogP contribution in [0.5, 0.6) is 0 Å². The highest BCUT2D eigenvalue weighted by molar-refractivity contribution is 7.89. The normalized spacial score (nSPS) is 11.6. The van der Waals surface area contributed by atoms with E-state index in [-0.39, 0.29) is 18.4 Å². The molecule has 3 aromatic carbocycles. The highest BCUT2D eigenvalue weighted by atomic mass is 32.2. The molecule has 0 amide bonds. The first-order chi connectivity index (χ1) is 16.1. The van der Waals surface area contributed by atoms with Gasteiger partial charge in [-0.25, -0.2) is 12.7 Å². The van der Waals surface area contributed by atoms with Gasteiger partial charge in [0.2, 0.25) is 0 Å². The van der Waals surface area contributed by atoms with E-state index >= 15 is 0 Å². The van der Waals surface area contributed by atoms with Gasteiger partial charge in [0.25, 0.3) is 10.0 Å². The minimum absolute atomic E-state index is 0.0571. The van der Waals surface area contributed by atoms with Crippen molar-refractivity contribution < 1.29 is 8.42 Å². The highest BCUT2D eigenvalue weighted by Crippen LogP contribution is 2.37. The van der Waals surface area contributed by atoms with E-state index < -0.39 is 10.0 Å². The highest BCUT2D eigenvalue weighted by Gasteiger charge is 2.31. The summed E-state index contributed by atoms with van der Waals surface area (Å²) in [6, 6.07) is 26.2. The molecular formula is C30H35NO2S. The van der Waals surface area contributed by atoms with Crippen molar-refractivity contribution in [3.05, 3.63) is 101 Å². The van der Waals surface area contributed by atoms with Gasteiger partial charge < -0.3 is 0 Å². The Morgan fingerprint density at radius 3 is 1.71 bits per heavy atom. The Hall–Kier alpha value is -3.03. The van der Waals surface area contributed by atoms with Gasteiger partial charge in [-0.15, -0.1) is 0 Å². The molecule has 34 heavy (non-hydrogen) atoms. The Morgan fingerprint density at radius 2 is 1.24 bits per heavy atom. The fourth-order valence-electron chi connectivity index (χ4n) is 3.88. The van der Waals surface area contributed by atoms with Crippen molar-refractivity contribution in [1.82, 2.24) is 4.31 Å². The van der Waals surface area contributed by atoms with E-state index in [1.807, 2.05) is 60.7 Å². The molecule has 0 aliphatic carbocycles. The van der Waals surface area contributed by atoms with Crippen LogP contribution >= 0.6 is 0 Å². The molecule has 0 spiro atoms. The molecular weight excluding hydrogens is 438 g/mol. The van der Waals surface area contributed by atoms with E-state index in [0.29, 0.717) is 10.8 Å². The summed E-state index contributed by atoms with van der Waals surface area (Å²) in [5.41, 5.74) is 4.55. The molecule has 4 heteroatoms. The van der Waals surface area contributed by atoms with Crippen LogP contribution in [-0.2, 0) is 16.6 Å². The fraction of sp³-hybridized carbons (Fsp3) is 0.333. The second-order valence-electron chi connectivity index (χ2n) is 9.59. The third-order valence-corrected chi connectivity index (χ3v) is 7.68. The van der Waals surface area contributed by atoms with Gasteiger partial charge in [-0.2, -0.15) is 0 Å². The lowest BCUT2D eigenvalue weighted by Gasteiger charge is -2.26. The molecule has 0 heterocycles. The molecule has 0 N–H and O–H groups in total. The standard InChI is InChI=1S/C30H35NO2S/c1-22(2)27-19-28(23(3)4)30(29(20-27)24(5)6)34(32,33)31(21-26-15-11-8-12-16-26)18-17-25-13-9-7-10-14-25/h7-16,19-20,22-24H,21H2,1-6H3. The first-order valence-corrected chi connectivity index (χ1v) is 13.4. The zero-order valence-corrected chi connectivity index (χ0v) is 21.9. The first-order valence-electron chi connectivity index (χ1n) is 11.9. The monoisotopic (exact) mass is 473 g/mol. The van der Waals surface area contributed by atoms with E-state index in [9.17, 15) is 8.42 Å². The van der Waals surface area contributed by atoms with Crippen molar-refractivity contribution >= 4 is 10.0 Å². The number of rotatable bonds is 7. The summed E-state index contributed by atoms with van der Waals surface area (Å²) in [7, 11) is -3.90. The maximum Gasteiger partial charge on any atom is 0.271 e. The van der Waals surface area contributed by atoms with Crippen LogP contribution in [0.3, 0.4) is 0 Å². The SMILES string of the molecule is CC(C)c1cc(C(C)C)c(S(=O)(=O)N(C#Cc2ccccc2)Cc2ccccc2)c(C(C)C)c1. The van der Waals surface area contributed by atoms with Crippen molar-refractivity contribution in [1.29, 1.82) is 0 Å². The van der Waals surface area contributed by atoms with E-state index in [4.69, 9.17) is 0 Å². The molecule has 178 valence electrons. The van der Waals surface area contributed by atoms with Crippen LogP contribution in [-0.4, -0.2) is 12.7 Å². The van der Waals surface area contributed by atoms with Crippen molar-refractivity contribution in [2.24, 2.45) is 0 Å². The molecule has 0 aliphatic rings. The number of hydrogen-bond acceptors (Lipinski definition) is 2. The summed E-state index contributed by atoms with van der Waals surface area (Å²) in [5.74, 6) is 3.49. The molecule has 0 saturated heterocycles. The predicted octanol–water partition coefficient (Wildman–Crippen LogP) is 7.26. The van der Waals surface area contributed by atoms with Gasteiger partial charge in [0, 0.05) is 11.6 Å². The number of hydrogen-bond donors (Lipinski definition) is 0. The van der Waals surface area contributed by atoms with Crippen molar-refractivity contribution in [3.8, 4) is 12.0 Å². The molecule has 0 atom stereocenters.